The van der Waals surface area contributed by atoms with Gasteiger partial charge in [0.2, 0.25) is 0 Å². The molecule has 1 aromatic heterocycles. The Morgan fingerprint density at radius 1 is 1.44 bits per heavy atom. The number of tetrazole rings is 1. The maximum atomic E-state index is 11.7. The standard InChI is InChI=1S/C9H16N6O.C2H6/c1-7-2-4-15(5-3-7)9(16)10-6-8-11-13-14-12-8;1-2/h7H,2-6H2,1H3,(H,10,16)(H,11,12,13,14);1-2H3. The molecule has 1 saturated heterocycles. The number of H-pyrrole nitrogens is 1. The molecule has 1 aromatic rings. The molecule has 1 aliphatic heterocycles. The van der Waals surface area contributed by atoms with Gasteiger partial charge in [-0.05, 0) is 18.8 Å². The predicted molar refractivity (Wildman–Crippen MR) is 67.7 cm³/mol. The van der Waals surface area contributed by atoms with Crippen molar-refractivity contribution in [3.8, 4) is 0 Å². The van der Waals surface area contributed by atoms with Crippen molar-refractivity contribution in [1.29, 1.82) is 0 Å². The van der Waals surface area contributed by atoms with Crippen LogP contribution in [0.5, 0.6) is 0 Å². The van der Waals surface area contributed by atoms with E-state index in [1.165, 1.54) is 0 Å². The average molecular weight is 254 g/mol. The third kappa shape index (κ3) is 4.31. The van der Waals surface area contributed by atoms with Gasteiger partial charge in [0.15, 0.2) is 5.82 Å². The summed E-state index contributed by atoms with van der Waals surface area (Å²) in [6.07, 6.45) is 2.16. The molecule has 0 unspecified atom stereocenters. The molecule has 7 nitrogen and oxygen atoms in total. The molecule has 0 atom stereocenters. The topological polar surface area (TPSA) is 86.8 Å². The summed E-state index contributed by atoms with van der Waals surface area (Å²) in [5.41, 5.74) is 0. The number of piperidine rings is 1. The molecule has 7 heteroatoms. The molecular formula is C11H22N6O. The number of nitrogens with zero attached hydrogens (tertiary/aromatic N) is 4. The summed E-state index contributed by atoms with van der Waals surface area (Å²) < 4.78 is 0. The Labute approximate surface area is 107 Å². The minimum atomic E-state index is -0.0447. The third-order valence-electron chi connectivity index (χ3n) is 2.86. The number of likely N-dealkylation sites (tertiary alicyclic amines) is 1. The van der Waals surface area contributed by atoms with E-state index >= 15 is 0 Å². The highest BCUT2D eigenvalue weighted by Gasteiger charge is 2.19. The van der Waals surface area contributed by atoms with E-state index in [-0.39, 0.29) is 6.03 Å². The molecule has 0 radical (unpaired) electrons. The Kier molecular flexibility index (Phi) is 6.10. The normalized spacial score (nSPS) is 15.8. The van der Waals surface area contributed by atoms with Crippen LogP contribution in [-0.4, -0.2) is 44.6 Å². The quantitative estimate of drug-likeness (QED) is 0.829. The van der Waals surface area contributed by atoms with Gasteiger partial charge in [0.25, 0.3) is 0 Å². The van der Waals surface area contributed by atoms with Gasteiger partial charge >= 0.3 is 6.03 Å². The Balaban J connectivity index is 0.000000771. The van der Waals surface area contributed by atoms with E-state index in [4.69, 9.17) is 0 Å². The number of aromatic amines is 1. The molecule has 0 aliphatic carbocycles. The van der Waals surface area contributed by atoms with E-state index in [2.05, 4.69) is 32.9 Å². The van der Waals surface area contributed by atoms with Crippen LogP contribution in [0, 0.1) is 5.92 Å². The van der Waals surface area contributed by atoms with Gasteiger partial charge in [-0.2, -0.15) is 5.21 Å². The van der Waals surface area contributed by atoms with Crippen LogP contribution in [0.1, 0.15) is 39.4 Å². The molecule has 2 rings (SSSR count). The maximum Gasteiger partial charge on any atom is 0.317 e. The lowest BCUT2D eigenvalue weighted by Gasteiger charge is -2.30. The number of hydrogen-bond acceptors (Lipinski definition) is 4. The van der Waals surface area contributed by atoms with Crippen molar-refractivity contribution in [1.82, 2.24) is 30.8 Å². The lowest BCUT2D eigenvalue weighted by molar-refractivity contribution is 0.173. The zero-order valence-electron chi connectivity index (χ0n) is 11.3. The highest BCUT2D eigenvalue weighted by Crippen LogP contribution is 2.15. The van der Waals surface area contributed by atoms with Gasteiger partial charge in [-0.1, -0.05) is 26.0 Å². The molecule has 18 heavy (non-hydrogen) atoms. The van der Waals surface area contributed by atoms with Crippen LogP contribution in [-0.2, 0) is 6.54 Å². The summed E-state index contributed by atoms with van der Waals surface area (Å²) in [5.74, 6) is 1.22. The maximum absolute atomic E-state index is 11.7. The van der Waals surface area contributed by atoms with E-state index in [0.717, 1.165) is 31.8 Å². The minimum Gasteiger partial charge on any atom is -0.331 e. The smallest absolute Gasteiger partial charge is 0.317 e. The second-order valence-corrected chi connectivity index (χ2v) is 4.16. The van der Waals surface area contributed by atoms with Crippen molar-refractivity contribution in [2.24, 2.45) is 5.92 Å². The van der Waals surface area contributed by atoms with E-state index in [9.17, 15) is 4.79 Å². The number of nitrogens with one attached hydrogen (secondary N) is 2. The first-order valence-corrected chi connectivity index (χ1v) is 6.51. The predicted octanol–water partition coefficient (Wildman–Crippen LogP) is 1.17. The fourth-order valence-electron chi connectivity index (χ4n) is 1.74. The molecule has 0 spiro atoms. The highest BCUT2D eigenvalue weighted by molar-refractivity contribution is 5.74. The third-order valence-corrected chi connectivity index (χ3v) is 2.86. The second-order valence-electron chi connectivity index (χ2n) is 4.16. The van der Waals surface area contributed by atoms with Crippen LogP contribution in [0.2, 0.25) is 0 Å². The van der Waals surface area contributed by atoms with Crippen molar-refractivity contribution in [2.75, 3.05) is 13.1 Å². The number of carbonyl (C=O) groups is 1. The molecule has 102 valence electrons. The molecule has 2 N–H and O–H groups in total. The lowest BCUT2D eigenvalue weighted by Crippen LogP contribution is -2.44. The Morgan fingerprint density at radius 3 is 2.67 bits per heavy atom. The first-order valence-electron chi connectivity index (χ1n) is 6.51. The summed E-state index contributed by atoms with van der Waals surface area (Å²) in [7, 11) is 0. The number of amides is 2. The zero-order chi connectivity index (χ0) is 13.4. The van der Waals surface area contributed by atoms with Crippen molar-refractivity contribution >= 4 is 6.03 Å². The van der Waals surface area contributed by atoms with Crippen LogP contribution in [0.15, 0.2) is 0 Å². The summed E-state index contributed by atoms with van der Waals surface area (Å²) in [4.78, 5) is 13.6. The molecule has 0 aromatic carbocycles. The van der Waals surface area contributed by atoms with Gasteiger partial charge in [0.05, 0.1) is 6.54 Å². The summed E-state index contributed by atoms with van der Waals surface area (Å²) in [6, 6.07) is -0.0447. The number of aromatic nitrogens is 4. The van der Waals surface area contributed by atoms with Gasteiger partial charge in [-0.3, -0.25) is 0 Å². The number of rotatable bonds is 2. The lowest BCUT2D eigenvalue weighted by atomic mass is 10.00. The van der Waals surface area contributed by atoms with Crippen molar-refractivity contribution < 1.29 is 4.79 Å². The Morgan fingerprint density at radius 2 is 2.11 bits per heavy atom. The summed E-state index contributed by atoms with van der Waals surface area (Å²) >= 11 is 0. The molecular weight excluding hydrogens is 232 g/mol. The Bertz CT molecular complexity index is 331. The minimum absolute atomic E-state index is 0.0447. The fraction of sp³-hybridized carbons (Fsp3) is 0.818. The van der Waals surface area contributed by atoms with Gasteiger partial charge in [0.1, 0.15) is 0 Å². The van der Waals surface area contributed by atoms with Crippen LogP contribution >= 0.6 is 0 Å². The van der Waals surface area contributed by atoms with E-state index in [1.807, 2.05) is 18.7 Å². The monoisotopic (exact) mass is 254 g/mol. The number of urea groups is 1. The van der Waals surface area contributed by atoms with E-state index in [1.54, 1.807) is 0 Å². The molecule has 1 aliphatic rings. The molecule has 0 saturated carbocycles. The van der Waals surface area contributed by atoms with Crippen molar-refractivity contribution in [2.45, 2.75) is 40.2 Å². The Hall–Kier alpha value is -1.66. The van der Waals surface area contributed by atoms with Crippen LogP contribution in [0.25, 0.3) is 0 Å². The van der Waals surface area contributed by atoms with Gasteiger partial charge < -0.3 is 10.2 Å². The SMILES string of the molecule is CC.CC1CCN(C(=O)NCc2nn[nH]n2)CC1. The molecule has 2 heterocycles. The molecule has 0 bridgehead atoms. The summed E-state index contributed by atoms with van der Waals surface area (Å²) in [5, 5.41) is 16.1. The van der Waals surface area contributed by atoms with Gasteiger partial charge in [-0.25, -0.2) is 4.79 Å². The first kappa shape index (κ1) is 14.4. The van der Waals surface area contributed by atoms with Crippen molar-refractivity contribution in [3.05, 3.63) is 5.82 Å². The highest BCUT2D eigenvalue weighted by atomic mass is 16.2. The summed E-state index contributed by atoms with van der Waals surface area (Å²) in [6.45, 7) is 8.20. The van der Waals surface area contributed by atoms with E-state index < -0.39 is 0 Å². The van der Waals surface area contributed by atoms with Crippen LogP contribution in [0.4, 0.5) is 4.79 Å². The van der Waals surface area contributed by atoms with Gasteiger partial charge in [0, 0.05) is 13.1 Å². The van der Waals surface area contributed by atoms with E-state index in [0.29, 0.717) is 12.4 Å². The van der Waals surface area contributed by atoms with Crippen LogP contribution < -0.4 is 5.32 Å². The zero-order valence-corrected chi connectivity index (χ0v) is 11.3. The van der Waals surface area contributed by atoms with Crippen LogP contribution in [0.3, 0.4) is 0 Å². The second kappa shape index (κ2) is 7.62. The number of hydrogen-bond donors (Lipinski definition) is 2. The number of carbonyl (C=O) groups excluding carboxylic acids is 1. The van der Waals surface area contributed by atoms with Crippen molar-refractivity contribution in [3.63, 3.8) is 0 Å². The largest absolute Gasteiger partial charge is 0.331 e. The molecule has 2 amide bonds. The first-order chi connectivity index (χ1) is 8.75. The van der Waals surface area contributed by atoms with Gasteiger partial charge in [-0.15, -0.1) is 10.2 Å². The molecule has 1 fully saturated rings. The fourth-order valence-corrected chi connectivity index (χ4v) is 1.74. The average Bonchev–Trinajstić information content (AvgIpc) is 2.92.